The van der Waals surface area contributed by atoms with E-state index >= 15 is 0 Å². The molecule has 778 valence electrons. The van der Waals surface area contributed by atoms with Crippen molar-refractivity contribution in [2.45, 2.75) is 195 Å². The third-order valence-corrected chi connectivity index (χ3v) is 35.0. The number of para-hydroxylation sites is 4. The molecule has 8 saturated heterocycles. The zero-order chi connectivity index (χ0) is 101. The van der Waals surface area contributed by atoms with Crippen molar-refractivity contribution in [3.8, 4) is 5.75 Å². The van der Waals surface area contributed by atoms with Gasteiger partial charge >= 0.3 is 0 Å². The van der Waals surface area contributed by atoms with Crippen molar-refractivity contribution in [1.82, 2.24) is 49.7 Å². The Balaban J connectivity index is 0.000000115. The fourth-order valence-corrected chi connectivity index (χ4v) is 23.1. The van der Waals surface area contributed by atoms with Crippen molar-refractivity contribution in [3.05, 3.63) is 215 Å². The van der Waals surface area contributed by atoms with E-state index in [0.717, 1.165) is 223 Å². The number of likely N-dealkylation sites (N-methyl/N-ethyl adjacent to an activating group) is 5. The zero-order valence-electron chi connectivity index (χ0n) is 90.3. The summed E-state index contributed by atoms with van der Waals surface area (Å²) in [6.45, 7) is 35.6. The Morgan fingerprint density at radius 1 is 0.299 bits per heavy atom. The zero-order valence-corrected chi connectivity index (χ0v) is 90.3. The van der Waals surface area contributed by atoms with Crippen LogP contribution < -0.4 is 58.6 Å². The largest absolute Gasteiger partial charge is 0.496 e. The molecule has 24 rings (SSSR count). The van der Waals surface area contributed by atoms with E-state index in [2.05, 4.69) is 297 Å². The van der Waals surface area contributed by atoms with Gasteiger partial charge in [0.25, 0.3) is 0 Å². The van der Waals surface area contributed by atoms with Gasteiger partial charge in [-0.3, -0.25) is 4.90 Å². The van der Waals surface area contributed by atoms with Crippen molar-refractivity contribution in [2.75, 3.05) is 288 Å². The molecular weight excluding hydrogens is 1820 g/mol. The summed E-state index contributed by atoms with van der Waals surface area (Å²) in [7, 11) is 18.2. The number of piperidine rings is 4. The molecule has 0 N–H and O–H groups in total. The van der Waals surface area contributed by atoms with E-state index in [0.29, 0.717) is 36.9 Å². The first-order valence-electron chi connectivity index (χ1n) is 55.8. The van der Waals surface area contributed by atoms with Gasteiger partial charge in [0.15, 0.2) is 0 Å². The molecule has 12 fully saturated rings. The SMILES string of the molecule is CN(C)CCN(C)c1ccc2nc(C3(C)CC3)nc(N3CCC(c4ccccc4N4CCC4)CC3)c2c1.CN(CCN1CCOCC1)c1ccc2nc(C3(C)CC3)nc(N3CCC(c4ccccc4N4CCC4)CC3)c2c1.COCCN(C)c1ccc2nc(C3(C)CC3)nc(N3CCC(c4ccccc4N4CCC4)CC3)c2c1.COCCN(C)c1ccc2nc(C3(C)CC3)nc(N3CCC(c4ccccc4OC)CC3)c2c1. The highest BCUT2D eigenvalue weighted by atomic mass is 16.5. The lowest BCUT2D eigenvalue weighted by atomic mass is 9.87. The Hall–Kier alpha value is -11.5. The molecule has 4 aliphatic carbocycles. The first kappa shape index (κ1) is 101. The second kappa shape index (κ2) is 44.4. The van der Waals surface area contributed by atoms with Crippen LogP contribution in [-0.4, -0.2) is 284 Å². The summed E-state index contributed by atoms with van der Waals surface area (Å²) in [5, 5.41) is 4.71. The minimum absolute atomic E-state index is 0.132. The standard InChI is InChI=1S/C33H44N6O.C31H42N6.C30H39N5O.C28H36N4O2/c1-33(12-13-33)32-34-29-9-8-26(36(2)18-19-37-20-22-40-23-21-37)24-28(29)31(35-32)39-16-10-25(11-17-39)27-6-3-4-7-30(27)38-14-5-15-38;1-31(14-15-31)30-32-27-11-10-24(35(4)21-20-34(2)3)22-26(27)29(33-30)37-18-12-23(13-19-37)25-8-5-6-9-28(25)36-16-7-17-36;1-30(13-14-30)29-31-26-10-9-23(33(2)19-20-36-3)21-25(26)28(32-29)35-17-11-22(12-18-35)24-7-4-5-8-27(24)34-15-6-16-34;1-28(13-14-28)27-29-24-10-9-21(31(2)17-18-33-3)19-23(24)26(30-27)32-15-11-20(12-16-32)22-7-5-6-8-25(22)34-4/h3-4,6-9,24-25H,5,10-23H2,1-2H3;5-6,8-11,22-23H,7,12-21H2,1-4H3;4-5,7-10,21-22H,6,11-20H2,1-3H3;5-10,19-20H,11-18H2,1-4H3. The van der Waals surface area contributed by atoms with Gasteiger partial charge in [0.1, 0.15) is 52.3 Å². The quantitative estimate of drug-likeness (QED) is 0.0388. The number of anilines is 11. The van der Waals surface area contributed by atoms with Gasteiger partial charge in [0.05, 0.1) is 55.6 Å². The average molecular weight is 1990 g/mol. The van der Waals surface area contributed by atoms with E-state index in [-0.39, 0.29) is 21.7 Å². The molecule has 4 saturated carbocycles. The van der Waals surface area contributed by atoms with E-state index in [4.69, 9.17) is 58.8 Å². The van der Waals surface area contributed by atoms with Crippen LogP contribution in [0.3, 0.4) is 0 Å². The van der Waals surface area contributed by atoms with Crippen molar-refractivity contribution in [3.63, 3.8) is 0 Å². The van der Waals surface area contributed by atoms with Crippen LogP contribution in [0.1, 0.15) is 219 Å². The summed E-state index contributed by atoms with van der Waals surface area (Å²) in [4.78, 5) is 73.0. The van der Waals surface area contributed by atoms with Gasteiger partial charge in [-0.05, 0) is 279 Å². The lowest BCUT2D eigenvalue weighted by Crippen LogP contribution is -2.40. The van der Waals surface area contributed by atoms with Crippen LogP contribution in [0.2, 0.25) is 0 Å². The van der Waals surface area contributed by atoms with Gasteiger partial charge in [-0.2, -0.15) is 0 Å². The molecule has 0 spiro atoms. The van der Waals surface area contributed by atoms with E-state index in [1.165, 1.54) is 203 Å². The van der Waals surface area contributed by atoms with Gasteiger partial charge in [-0.15, -0.1) is 0 Å². The molecule has 0 atom stereocenters. The number of morpholine rings is 1. The van der Waals surface area contributed by atoms with Crippen LogP contribution >= 0.6 is 0 Å². The number of nitrogens with zero attached hydrogens (tertiary/aromatic N) is 21. The number of rotatable bonds is 32. The summed E-state index contributed by atoms with van der Waals surface area (Å²) in [5.74, 6) is 12.0. The van der Waals surface area contributed by atoms with E-state index in [1.54, 1.807) is 32.5 Å². The molecule has 147 heavy (non-hydrogen) atoms. The summed E-state index contributed by atoms with van der Waals surface area (Å²) < 4.78 is 21.8. The van der Waals surface area contributed by atoms with E-state index in [9.17, 15) is 0 Å². The fourth-order valence-electron chi connectivity index (χ4n) is 23.1. The normalized spacial score (nSPS) is 19.6. The molecule has 0 bridgehead atoms. The maximum Gasteiger partial charge on any atom is 0.140 e. The summed E-state index contributed by atoms with van der Waals surface area (Å²) in [5.41, 5.74) is 20.0. The Morgan fingerprint density at radius 3 is 0.857 bits per heavy atom. The first-order chi connectivity index (χ1) is 71.6. The predicted molar refractivity (Wildman–Crippen MR) is 607 cm³/mol. The summed E-state index contributed by atoms with van der Waals surface area (Å²) in [6, 6.07) is 62.6. The van der Waals surface area contributed by atoms with Crippen LogP contribution in [0, 0.1) is 0 Å². The molecule has 8 aliphatic heterocycles. The molecule has 4 aromatic heterocycles. The molecule has 12 aromatic rings. The van der Waals surface area contributed by atoms with Gasteiger partial charge in [0, 0.05) is 269 Å². The Morgan fingerprint density at radius 2 is 0.578 bits per heavy atom. The molecular formula is C122H161N21O4. The highest BCUT2D eigenvalue weighted by Crippen LogP contribution is 2.53. The number of hydrogen-bond donors (Lipinski definition) is 0. The van der Waals surface area contributed by atoms with Crippen molar-refractivity contribution in [2.24, 2.45) is 0 Å². The second-order valence-electron chi connectivity index (χ2n) is 45.9. The number of fused-ring (bicyclic) bond motifs is 4. The lowest BCUT2D eigenvalue weighted by Gasteiger charge is -2.39. The summed E-state index contributed by atoms with van der Waals surface area (Å²) in [6.07, 6.45) is 22.6. The maximum absolute atomic E-state index is 5.64. The van der Waals surface area contributed by atoms with Crippen molar-refractivity contribution in [1.29, 1.82) is 0 Å². The Labute approximate surface area is 874 Å². The van der Waals surface area contributed by atoms with Gasteiger partial charge < -0.3 is 77.7 Å². The Kier molecular flexibility index (Phi) is 30.6. The maximum atomic E-state index is 5.64. The third-order valence-electron chi connectivity index (χ3n) is 35.0. The van der Waals surface area contributed by atoms with Crippen molar-refractivity contribution >= 4 is 107 Å². The van der Waals surface area contributed by atoms with Gasteiger partial charge in [-0.25, -0.2) is 39.9 Å². The molecule has 0 amide bonds. The number of hydrogen-bond acceptors (Lipinski definition) is 25. The lowest BCUT2D eigenvalue weighted by molar-refractivity contribution is 0.0393. The van der Waals surface area contributed by atoms with Crippen LogP contribution in [0.5, 0.6) is 5.75 Å². The molecule has 25 nitrogen and oxygen atoms in total. The molecule has 12 heterocycles. The fraction of sp³-hybridized carbons (Fsp3) is 0.541. The van der Waals surface area contributed by atoms with Gasteiger partial charge in [-0.1, -0.05) is 100 Å². The second-order valence-corrected chi connectivity index (χ2v) is 45.9. The van der Waals surface area contributed by atoms with Crippen LogP contribution in [0.25, 0.3) is 43.6 Å². The first-order valence-corrected chi connectivity index (χ1v) is 55.8. The molecule has 0 radical (unpaired) electrons. The average Bonchev–Trinajstić information content (AvgIpc) is 1.54. The van der Waals surface area contributed by atoms with Crippen LogP contribution in [0.4, 0.5) is 63.1 Å². The molecule has 12 aliphatic rings. The van der Waals surface area contributed by atoms with E-state index < -0.39 is 0 Å². The molecule has 8 aromatic carbocycles. The topological polar surface area (TPSA) is 182 Å². The van der Waals surface area contributed by atoms with Gasteiger partial charge in [0.2, 0.25) is 0 Å². The predicted octanol–water partition coefficient (Wildman–Crippen LogP) is 20.8. The highest BCUT2D eigenvalue weighted by Gasteiger charge is 2.47. The minimum Gasteiger partial charge on any atom is -0.496 e. The number of benzene rings is 8. The Bertz CT molecular complexity index is 6530. The number of aromatic nitrogens is 8. The van der Waals surface area contributed by atoms with E-state index in [1.807, 2.05) is 6.07 Å². The number of ether oxygens (including phenoxy) is 4. The number of methoxy groups -OCH3 is 3. The van der Waals surface area contributed by atoms with Crippen LogP contribution in [-0.2, 0) is 35.9 Å². The van der Waals surface area contributed by atoms with Crippen LogP contribution in [0.15, 0.2) is 170 Å². The highest BCUT2D eigenvalue weighted by molar-refractivity contribution is 5.96. The summed E-state index contributed by atoms with van der Waals surface area (Å²) >= 11 is 0. The minimum atomic E-state index is 0.132. The smallest absolute Gasteiger partial charge is 0.140 e. The monoisotopic (exact) mass is 1980 g/mol. The third kappa shape index (κ3) is 22.7. The molecule has 0 unspecified atom stereocenters. The molecule has 25 heteroatoms. The van der Waals surface area contributed by atoms with Crippen molar-refractivity contribution < 1.29 is 18.9 Å².